The number of benzene rings is 1. The van der Waals surface area contributed by atoms with Crippen LogP contribution in [-0.2, 0) is 0 Å². The zero-order valence-corrected chi connectivity index (χ0v) is 18.1. The molecule has 1 fully saturated rings. The second-order valence-corrected chi connectivity index (χ2v) is 6.91. The predicted octanol–water partition coefficient (Wildman–Crippen LogP) is 3.63. The van der Waals surface area contributed by atoms with Crippen molar-refractivity contribution in [2.24, 2.45) is 0 Å². The molecule has 1 N–H and O–H groups in total. The molecule has 7 heteroatoms. The Labute approximate surface area is 171 Å². The fourth-order valence-corrected chi connectivity index (χ4v) is 3.74. The van der Waals surface area contributed by atoms with E-state index in [4.69, 9.17) is 19.6 Å². The number of β-amino-alcohol motifs (C(OH)–C–C–N with tert-alkyl or cyclic N) is 1. The molecule has 3 heterocycles. The highest BCUT2D eigenvalue weighted by atomic mass is 16.5. The molecule has 0 spiro atoms. The van der Waals surface area contributed by atoms with Crippen LogP contribution in [0.3, 0.4) is 0 Å². The first kappa shape index (κ1) is 20.9. The van der Waals surface area contributed by atoms with Gasteiger partial charge in [-0.15, -0.1) is 0 Å². The molecule has 29 heavy (non-hydrogen) atoms. The van der Waals surface area contributed by atoms with Crippen molar-refractivity contribution in [3.63, 3.8) is 0 Å². The summed E-state index contributed by atoms with van der Waals surface area (Å²) in [7, 11) is 3.25. The zero-order valence-electron chi connectivity index (χ0n) is 18.1. The number of hydrogen-bond acceptors (Lipinski definition) is 6. The molecule has 1 saturated heterocycles. The van der Waals surface area contributed by atoms with Gasteiger partial charge in [0.1, 0.15) is 0 Å². The maximum absolute atomic E-state index is 9.94. The molecule has 7 nitrogen and oxygen atoms in total. The van der Waals surface area contributed by atoms with E-state index in [0.29, 0.717) is 18.0 Å². The van der Waals surface area contributed by atoms with Crippen LogP contribution in [0.1, 0.15) is 31.7 Å². The lowest BCUT2D eigenvalue weighted by Crippen LogP contribution is -2.22. The van der Waals surface area contributed by atoms with E-state index in [2.05, 4.69) is 4.90 Å². The highest BCUT2D eigenvalue weighted by molar-refractivity contribution is 5.76. The number of rotatable bonds is 4. The average molecular weight is 399 g/mol. The third-order valence-corrected chi connectivity index (χ3v) is 5.02. The summed E-state index contributed by atoms with van der Waals surface area (Å²) in [5.41, 5.74) is 5.49. The van der Waals surface area contributed by atoms with E-state index in [0.717, 1.165) is 46.9 Å². The first-order valence-corrected chi connectivity index (χ1v) is 10.0. The van der Waals surface area contributed by atoms with Crippen LogP contribution in [0.15, 0.2) is 24.3 Å². The highest BCUT2D eigenvalue weighted by Crippen LogP contribution is 2.35. The van der Waals surface area contributed by atoms with Crippen LogP contribution >= 0.6 is 0 Å². The van der Waals surface area contributed by atoms with E-state index in [-0.39, 0.29) is 6.10 Å². The minimum atomic E-state index is -0.292. The van der Waals surface area contributed by atoms with Gasteiger partial charge in [-0.1, -0.05) is 13.8 Å². The number of aromatic nitrogens is 3. The topological polar surface area (TPSA) is 72.1 Å². The number of imidazole rings is 1. The van der Waals surface area contributed by atoms with Crippen molar-refractivity contribution in [2.45, 2.75) is 40.2 Å². The summed E-state index contributed by atoms with van der Waals surface area (Å²) in [6, 6.07) is 7.86. The van der Waals surface area contributed by atoms with Crippen molar-refractivity contribution in [1.82, 2.24) is 14.6 Å². The average Bonchev–Trinajstić information content (AvgIpc) is 3.31. The maximum Gasteiger partial charge on any atom is 0.178 e. The number of fused-ring (bicyclic) bond motifs is 1. The third-order valence-electron chi connectivity index (χ3n) is 5.02. The van der Waals surface area contributed by atoms with Gasteiger partial charge in [-0.2, -0.15) is 5.10 Å². The predicted molar refractivity (Wildman–Crippen MR) is 115 cm³/mol. The Morgan fingerprint density at radius 2 is 1.79 bits per heavy atom. The third kappa shape index (κ3) is 3.87. The number of aryl methyl sites for hydroxylation is 2. The standard InChI is InChI=1S/C20H24N4O3.C2H6/c1-12-9-16(23-8-7-15(25)11-23)20-21-13(2)19(24(20)22-12)14-5-6-17(26-3)18(10-14)27-4;1-2/h5-6,9-10,15,25H,7-8,11H2,1-4H3;1-2H3. The van der Waals surface area contributed by atoms with Crippen molar-refractivity contribution < 1.29 is 14.6 Å². The monoisotopic (exact) mass is 398 g/mol. The molecular weight excluding hydrogens is 368 g/mol. The Hall–Kier alpha value is -2.80. The molecule has 4 rings (SSSR count). The van der Waals surface area contributed by atoms with Gasteiger partial charge in [0, 0.05) is 18.7 Å². The summed E-state index contributed by atoms with van der Waals surface area (Å²) >= 11 is 0. The molecule has 0 bridgehead atoms. The number of anilines is 1. The van der Waals surface area contributed by atoms with Crippen LogP contribution < -0.4 is 14.4 Å². The van der Waals surface area contributed by atoms with Gasteiger partial charge in [-0.3, -0.25) is 0 Å². The second-order valence-electron chi connectivity index (χ2n) is 6.91. The molecule has 0 saturated carbocycles. The van der Waals surface area contributed by atoms with E-state index in [9.17, 15) is 5.11 Å². The van der Waals surface area contributed by atoms with Crippen LogP contribution in [-0.4, -0.2) is 53.1 Å². The number of aliphatic hydroxyl groups excluding tert-OH is 1. The molecule has 1 aliphatic rings. The largest absolute Gasteiger partial charge is 0.493 e. The molecular formula is C22H30N4O3. The van der Waals surface area contributed by atoms with Gasteiger partial charge in [-0.25, -0.2) is 9.50 Å². The number of ether oxygens (including phenoxy) is 2. The molecule has 2 aromatic heterocycles. The molecule has 1 aromatic carbocycles. The van der Waals surface area contributed by atoms with Gasteiger partial charge in [0.25, 0.3) is 0 Å². The first-order valence-electron chi connectivity index (χ1n) is 10.0. The summed E-state index contributed by atoms with van der Waals surface area (Å²) in [4.78, 5) is 6.98. The van der Waals surface area contributed by atoms with Crippen molar-refractivity contribution in [2.75, 3.05) is 32.2 Å². The minimum Gasteiger partial charge on any atom is -0.493 e. The first-order chi connectivity index (χ1) is 14.0. The van der Waals surface area contributed by atoms with E-state index in [1.54, 1.807) is 14.2 Å². The fraction of sp³-hybridized carbons (Fsp3) is 0.455. The fourth-order valence-electron chi connectivity index (χ4n) is 3.74. The van der Waals surface area contributed by atoms with E-state index in [1.165, 1.54) is 0 Å². The van der Waals surface area contributed by atoms with Crippen LogP contribution in [0, 0.1) is 13.8 Å². The Balaban J connectivity index is 0.00000117. The number of nitrogens with zero attached hydrogens (tertiary/aromatic N) is 4. The molecule has 0 aliphatic carbocycles. The van der Waals surface area contributed by atoms with Gasteiger partial charge in [0.2, 0.25) is 0 Å². The Bertz CT molecular complexity index is 999. The molecule has 156 valence electrons. The van der Waals surface area contributed by atoms with Crippen molar-refractivity contribution in [3.05, 3.63) is 35.7 Å². The highest BCUT2D eigenvalue weighted by Gasteiger charge is 2.25. The van der Waals surface area contributed by atoms with Gasteiger partial charge < -0.3 is 19.5 Å². The molecule has 1 atom stereocenters. The summed E-state index contributed by atoms with van der Waals surface area (Å²) in [6.07, 6.45) is 0.482. The molecule has 3 aromatic rings. The molecule has 1 aliphatic heterocycles. The van der Waals surface area contributed by atoms with Gasteiger partial charge in [0.05, 0.1) is 43.1 Å². The number of methoxy groups -OCH3 is 2. The lowest BCUT2D eigenvalue weighted by atomic mass is 10.1. The lowest BCUT2D eigenvalue weighted by molar-refractivity contribution is 0.198. The summed E-state index contributed by atoms with van der Waals surface area (Å²) < 4.78 is 12.7. The molecule has 1 unspecified atom stereocenters. The normalized spacial score (nSPS) is 16.0. The van der Waals surface area contributed by atoms with Crippen LogP contribution in [0.25, 0.3) is 16.9 Å². The SMILES string of the molecule is CC.COc1ccc(-c2c(C)nc3c(N4CCC(O)C4)cc(C)nn23)cc1OC. The Morgan fingerprint density at radius 1 is 1.07 bits per heavy atom. The van der Waals surface area contributed by atoms with Crippen LogP contribution in [0.2, 0.25) is 0 Å². The smallest absolute Gasteiger partial charge is 0.178 e. The van der Waals surface area contributed by atoms with Crippen molar-refractivity contribution in [3.8, 4) is 22.8 Å². The van der Waals surface area contributed by atoms with E-state index >= 15 is 0 Å². The van der Waals surface area contributed by atoms with Crippen LogP contribution in [0.4, 0.5) is 5.69 Å². The Morgan fingerprint density at radius 3 is 2.41 bits per heavy atom. The quantitative estimate of drug-likeness (QED) is 0.724. The maximum atomic E-state index is 9.94. The van der Waals surface area contributed by atoms with Gasteiger partial charge in [-0.05, 0) is 44.5 Å². The van der Waals surface area contributed by atoms with E-state index in [1.807, 2.05) is 56.5 Å². The number of aliphatic hydroxyl groups is 1. The Kier molecular flexibility index (Phi) is 6.27. The second kappa shape index (κ2) is 8.69. The van der Waals surface area contributed by atoms with Crippen molar-refractivity contribution >= 4 is 11.3 Å². The summed E-state index contributed by atoms with van der Waals surface area (Å²) in [6.45, 7) is 9.40. The number of hydrogen-bond donors (Lipinski definition) is 1. The zero-order chi connectivity index (χ0) is 21.1. The van der Waals surface area contributed by atoms with Gasteiger partial charge >= 0.3 is 0 Å². The lowest BCUT2D eigenvalue weighted by Gasteiger charge is -2.19. The van der Waals surface area contributed by atoms with Crippen LogP contribution in [0.5, 0.6) is 11.5 Å². The van der Waals surface area contributed by atoms with Crippen molar-refractivity contribution in [1.29, 1.82) is 0 Å². The van der Waals surface area contributed by atoms with Gasteiger partial charge in [0.15, 0.2) is 17.1 Å². The molecule has 0 amide bonds. The van der Waals surface area contributed by atoms with E-state index < -0.39 is 0 Å². The summed E-state index contributed by atoms with van der Waals surface area (Å²) in [5.74, 6) is 1.35. The minimum absolute atomic E-state index is 0.292. The molecule has 0 radical (unpaired) electrons. The summed E-state index contributed by atoms with van der Waals surface area (Å²) in [5, 5.41) is 14.7.